The fraction of sp³-hybridized carbons (Fsp3) is 0.625. The van der Waals surface area contributed by atoms with E-state index in [1.807, 2.05) is 0 Å². The lowest BCUT2D eigenvalue weighted by molar-refractivity contribution is -0.0126. The first-order valence-corrected chi connectivity index (χ1v) is 7.36. The van der Waals surface area contributed by atoms with Crippen molar-refractivity contribution in [2.45, 2.75) is 44.8 Å². The predicted molar refractivity (Wildman–Crippen MR) is 75.6 cm³/mol. The first-order chi connectivity index (χ1) is 9.24. The third kappa shape index (κ3) is 2.26. The summed E-state index contributed by atoms with van der Waals surface area (Å²) < 4.78 is 11.9. The lowest BCUT2D eigenvalue weighted by Gasteiger charge is -2.35. The fourth-order valence-corrected chi connectivity index (χ4v) is 3.36. The number of ether oxygens (including phenoxy) is 2. The van der Waals surface area contributed by atoms with Crippen LogP contribution in [0.15, 0.2) is 18.2 Å². The van der Waals surface area contributed by atoms with Gasteiger partial charge in [0.05, 0.1) is 18.2 Å². The molecule has 0 radical (unpaired) electrons. The van der Waals surface area contributed by atoms with Gasteiger partial charge in [-0.05, 0) is 31.9 Å². The molecule has 3 nitrogen and oxygen atoms in total. The van der Waals surface area contributed by atoms with Crippen LogP contribution in [0.3, 0.4) is 0 Å². The molecule has 0 aromatic heterocycles. The molecule has 1 aromatic rings. The molecule has 104 valence electrons. The van der Waals surface area contributed by atoms with Crippen molar-refractivity contribution < 1.29 is 9.47 Å². The first-order valence-electron chi connectivity index (χ1n) is 7.36. The molecule has 3 rings (SSSR count). The van der Waals surface area contributed by atoms with Crippen LogP contribution in [0.5, 0.6) is 5.75 Å². The molecule has 2 atom stereocenters. The second-order valence-corrected chi connectivity index (χ2v) is 5.69. The Kier molecular flexibility index (Phi) is 3.50. The summed E-state index contributed by atoms with van der Waals surface area (Å²) in [6, 6.07) is 6.72. The molecule has 1 fully saturated rings. The van der Waals surface area contributed by atoms with Crippen molar-refractivity contribution in [1.82, 2.24) is 5.32 Å². The Morgan fingerprint density at radius 2 is 2.26 bits per heavy atom. The number of likely N-dealkylation sites (N-methyl/N-ethyl adjacent to an activating group) is 1. The molecule has 2 heterocycles. The standard InChI is InChI=1S/C16H23NO2/c1-3-17-15(16(2)9-5-10-19-16)13-7-4-6-12-8-11-18-14(12)13/h4,6-7,15,17H,3,5,8-11H2,1-2H3. The Morgan fingerprint density at radius 1 is 1.37 bits per heavy atom. The summed E-state index contributed by atoms with van der Waals surface area (Å²) in [5.74, 6) is 1.09. The second-order valence-electron chi connectivity index (χ2n) is 5.69. The molecule has 1 N–H and O–H groups in total. The Labute approximate surface area is 115 Å². The molecule has 0 bridgehead atoms. The van der Waals surface area contributed by atoms with Crippen LogP contribution in [-0.4, -0.2) is 25.4 Å². The van der Waals surface area contributed by atoms with E-state index in [1.54, 1.807) is 0 Å². The molecular formula is C16H23NO2. The number of hydrogen-bond acceptors (Lipinski definition) is 3. The average Bonchev–Trinajstić information content (AvgIpc) is 3.04. The van der Waals surface area contributed by atoms with E-state index in [0.717, 1.165) is 44.8 Å². The topological polar surface area (TPSA) is 30.5 Å². The normalized spacial score (nSPS) is 27.1. The largest absolute Gasteiger partial charge is 0.493 e. The van der Waals surface area contributed by atoms with E-state index in [-0.39, 0.29) is 11.6 Å². The minimum atomic E-state index is -0.114. The summed E-state index contributed by atoms with van der Waals surface area (Å²) in [5.41, 5.74) is 2.49. The molecule has 2 aliphatic rings. The number of rotatable bonds is 4. The van der Waals surface area contributed by atoms with E-state index in [1.165, 1.54) is 11.1 Å². The molecular weight excluding hydrogens is 238 g/mol. The molecule has 2 unspecified atom stereocenters. The monoisotopic (exact) mass is 261 g/mol. The van der Waals surface area contributed by atoms with E-state index in [4.69, 9.17) is 9.47 Å². The second kappa shape index (κ2) is 5.14. The van der Waals surface area contributed by atoms with Gasteiger partial charge in [-0.25, -0.2) is 0 Å². The summed E-state index contributed by atoms with van der Waals surface area (Å²) in [6.45, 7) is 6.99. The highest BCUT2D eigenvalue weighted by atomic mass is 16.5. The van der Waals surface area contributed by atoms with Crippen LogP contribution in [0.4, 0.5) is 0 Å². The van der Waals surface area contributed by atoms with Gasteiger partial charge in [0.15, 0.2) is 0 Å². The summed E-state index contributed by atoms with van der Waals surface area (Å²) in [4.78, 5) is 0. The summed E-state index contributed by atoms with van der Waals surface area (Å²) in [5, 5.41) is 3.61. The van der Waals surface area contributed by atoms with Crippen molar-refractivity contribution in [1.29, 1.82) is 0 Å². The van der Waals surface area contributed by atoms with E-state index in [0.29, 0.717) is 0 Å². The molecule has 1 aromatic carbocycles. The van der Waals surface area contributed by atoms with Gasteiger partial charge in [-0.1, -0.05) is 25.1 Å². The molecule has 1 saturated heterocycles. The van der Waals surface area contributed by atoms with Gasteiger partial charge in [-0.2, -0.15) is 0 Å². The maximum absolute atomic E-state index is 6.05. The van der Waals surface area contributed by atoms with Crippen molar-refractivity contribution >= 4 is 0 Å². The average molecular weight is 261 g/mol. The number of hydrogen-bond donors (Lipinski definition) is 1. The Hall–Kier alpha value is -1.06. The quantitative estimate of drug-likeness (QED) is 0.904. The highest BCUT2D eigenvalue weighted by Crippen LogP contribution is 2.42. The Morgan fingerprint density at radius 3 is 3.00 bits per heavy atom. The molecule has 19 heavy (non-hydrogen) atoms. The molecule has 3 heteroatoms. The van der Waals surface area contributed by atoms with Crippen LogP contribution in [0, 0.1) is 0 Å². The zero-order chi connectivity index (χ0) is 13.3. The number of benzene rings is 1. The van der Waals surface area contributed by atoms with E-state index in [9.17, 15) is 0 Å². The predicted octanol–water partition coefficient (Wildman–Crippen LogP) is 2.84. The molecule has 0 saturated carbocycles. The van der Waals surface area contributed by atoms with Gasteiger partial charge in [0, 0.05) is 18.6 Å². The molecule has 0 amide bonds. The van der Waals surface area contributed by atoms with Crippen molar-refractivity contribution in [3.63, 3.8) is 0 Å². The first kappa shape index (κ1) is 12.9. The van der Waals surface area contributed by atoms with E-state index >= 15 is 0 Å². The highest BCUT2D eigenvalue weighted by molar-refractivity contribution is 5.46. The van der Waals surface area contributed by atoms with E-state index in [2.05, 4.69) is 37.4 Å². The lowest BCUT2D eigenvalue weighted by atomic mass is 9.86. The molecule has 0 aliphatic carbocycles. The lowest BCUT2D eigenvalue weighted by Crippen LogP contribution is -2.41. The minimum absolute atomic E-state index is 0.114. The zero-order valence-corrected chi connectivity index (χ0v) is 11.9. The third-order valence-electron chi connectivity index (χ3n) is 4.32. The van der Waals surface area contributed by atoms with Gasteiger partial charge in [0.25, 0.3) is 0 Å². The minimum Gasteiger partial charge on any atom is -0.493 e. The Balaban J connectivity index is 1.98. The van der Waals surface area contributed by atoms with Gasteiger partial charge in [0.2, 0.25) is 0 Å². The molecule has 2 aliphatic heterocycles. The Bertz CT molecular complexity index is 452. The van der Waals surface area contributed by atoms with Crippen LogP contribution in [0.2, 0.25) is 0 Å². The molecule has 0 spiro atoms. The zero-order valence-electron chi connectivity index (χ0n) is 11.9. The van der Waals surface area contributed by atoms with Gasteiger partial charge < -0.3 is 14.8 Å². The van der Waals surface area contributed by atoms with Gasteiger partial charge in [-0.3, -0.25) is 0 Å². The summed E-state index contributed by atoms with van der Waals surface area (Å²) in [7, 11) is 0. The van der Waals surface area contributed by atoms with Gasteiger partial charge >= 0.3 is 0 Å². The number of para-hydroxylation sites is 1. The summed E-state index contributed by atoms with van der Waals surface area (Å²) >= 11 is 0. The van der Waals surface area contributed by atoms with Crippen LogP contribution in [-0.2, 0) is 11.2 Å². The third-order valence-corrected chi connectivity index (χ3v) is 4.32. The SMILES string of the molecule is CCNC(c1cccc2c1OCC2)C1(C)CCCO1. The number of fused-ring (bicyclic) bond motifs is 1. The van der Waals surface area contributed by atoms with Crippen molar-refractivity contribution in [3.05, 3.63) is 29.3 Å². The number of nitrogens with one attached hydrogen (secondary N) is 1. The maximum Gasteiger partial charge on any atom is 0.127 e. The van der Waals surface area contributed by atoms with Gasteiger partial charge in [-0.15, -0.1) is 0 Å². The summed E-state index contributed by atoms with van der Waals surface area (Å²) in [6.07, 6.45) is 3.28. The van der Waals surface area contributed by atoms with Crippen molar-refractivity contribution in [2.75, 3.05) is 19.8 Å². The van der Waals surface area contributed by atoms with Crippen LogP contribution >= 0.6 is 0 Å². The fourth-order valence-electron chi connectivity index (χ4n) is 3.36. The van der Waals surface area contributed by atoms with Gasteiger partial charge in [0.1, 0.15) is 5.75 Å². The van der Waals surface area contributed by atoms with Crippen LogP contribution in [0.1, 0.15) is 43.9 Å². The van der Waals surface area contributed by atoms with Crippen molar-refractivity contribution in [2.24, 2.45) is 0 Å². The van der Waals surface area contributed by atoms with Crippen molar-refractivity contribution in [3.8, 4) is 5.75 Å². The van der Waals surface area contributed by atoms with Crippen LogP contribution < -0.4 is 10.1 Å². The van der Waals surface area contributed by atoms with E-state index < -0.39 is 0 Å². The highest BCUT2D eigenvalue weighted by Gasteiger charge is 2.40. The maximum atomic E-state index is 6.05. The smallest absolute Gasteiger partial charge is 0.127 e. The van der Waals surface area contributed by atoms with Crippen LogP contribution in [0.25, 0.3) is 0 Å².